The number of nitrogens with zero attached hydrogens (tertiary/aromatic N) is 1. The molecule has 4 N–H and O–H groups in total. The van der Waals surface area contributed by atoms with Gasteiger partial charge in [-0.15, -0.1) is 0 Å². The van der Waals surface area contributed by atoms with Crippen LogP contribution in [-0.2, 0) is 9.59 Å². The summed E-state index contributed by atoms with van der Waals surface area (Å²) in [6, 6.07) is 0.625. The number of hydrogen-bond donors (Lipinski definition) is 3. The smallest absolute Gasteiger partial charge is 0.475 e. The maximum Gasteiger partial charge on any atom is 0.490 e. The Morgan fingerprint density at radius 3 is 1.27 bits per heavy atom. The molecule has 0 saturated heterocycles. The predicted octanol–water partition coefficient (Wildman–Crippen LogP) is 1.55. The molecular weight excluding hydrogens is 326 g/mol. The van der Waals surface area contributed by atoms with Crippen molar-refractivity contribution in [2.24, 2.45) is 5.73 Å². The monoisotopic (exact) mass is 344 g/mol. The van der Waals surface area contributed by atoms with Crippen LogP contribution in [0.15, 0.2) is 0 Å². The summed E-state index contributed by atoms with van der Waals surface area (Å²) < 4.78 is 63.5. The average Bonchev–Trinajstić information content (AvgIpc) is 2.28. The molecule has 0 rings (SSSR count). The van der Waals surface area contributed by atoms with Crippen molar-refractivity contribution in [1.29, 1.82) is 0 Å². The van der Waals surface area contributed by atoms with Gasteiger partial charge in [0.05, 0.1) is 0 Å². The van der Waals surface area contributed by atoms with Gasteiger partial charge in [0.2, 0.25) is 0 Å². The van der Waals surface area contributed by atoms with Gasteiger partial charge >= 0.3 is 24.3 Å². The zero-order chi connectivity index (χ0) is 18.7. The van der Waals surface area contributed by atoms with Crippen molar-refractivity contribution in [2.45, 2.75) is 31.7 Å². The Morgan fingerprint density at radius 1 is 1.00 bits per heavy atom. The first-order valence-electron chi connectivity index (χ1n) is 5.54. The maximum atomic E-state index is 10.6. The molecule has 0 fully saturated rings. The Kier molecular flexibility index (Phi) is 12.8. The van der Waals surface area contributed by atoms with E-state index < -0.39 is 24.3 Å². The highest BCUT2D eigenvalue weighted by Crippen LogP contribution is 2.13. The molecule has 0 aliphatic carbocycles. The lowest BCUT2D eigenvalue weighted by Crippen LogP contribution is -2.26. The number of carboxylic acid groups (broad SMARTS) is 2. The van der Waals surface area contributed by atoms with Crippen molar-refractivity contribution in [2.75, 3.05) is 20.6 Å². The number of carboxylic acids is 2. The lowest BCUT2D eigenvalue weighted by atomic mass is 10.2. The number of carbonyl (C=O) groups is 2. The molecule has 0 aromatic carbocycles. The van der Waals surface area contributed by atoms with Crippen LogP contribution in [0.5, 0.6) is 0 Å². The molecule has 0 heterocycles. The van der Waals surface area contributed by atoms with Crippen molar-refractivity contribution in [3.8, 4) is 0 Å². The van der Waals surface area contributed by atoms with Gasteiger partial charge < -0.3 is 20.8 Å². The Bertz CT molecular complexity index is 306. The molecule has 0 spiro atoms. The molecule has 0 aliphatic rings. The largest absolute Gasteiger partial charge is 0.490 e. The average molecular weight is 344 g/mol. The molecule has 0 bridgehead atoms. The van der Waals surface area contributed by atoms with Crippen LogP contribution in [0, 0.1) is 0 Å². The Labute approximate surface area is 122 Å². The Morgan fingerprint density at radius 2 is 1.23 bits per heavy atom. The molecule has 1 atom stereocenters. The lowest BCUT2D eigenvalue weighted by Gasteiger charge is -2.17. The highest BCUT2D eigenvalue weighted by molar-refractivity contribution is 5.73. The summed E-state index contributed by atoms with van der Waals surface area (Å²) in [7, 11) is 4.14. The van der Waals surface area contributed by atoms with E-state index in [2.05, 4.69) is 25.9 Å². The summed E-state index contributed by atoms with van der Waals surface area (Å²) >= 11 is 0. The zero-order valence-corrected chi connectivity index (χ0v) is 12.0. The number of halogens is 6. The van der Waals surface area contributed by atoms with E-state index in [1.165, 1.54) is 0 Å². The third-order valence-corrected chi connectivity index (χ3v) is 1.95. The minimum Gasteiger partial charge on any atom is -0.475 e. The quantitative estimate of drug-likeness (QED) is 0.671. The van der Waals surface area contributed by atoms with E-state index >= 15 is 0 Å². The first kappa shape index (κ1) is 25.4. The number of hydrogen-bond acceptors (Lipinski definition) is 4. The van der Waals surface area contributed by atoms with Crippen LogP contribution in [0.2, 0.25) is 0 Å². The second kappa shape index (κ2) is 11.1. The van der Waals surface area contributed by atoms with E-state index in [1.807, 2.05) is 0 Å². The summed E-state index contributed by atoms with van der Waals surface area (Å²) in [5.74, 6) is -5.51. The van der Waals surface area contributed by atoms with Gasteiger partial charge in [-0.3, -0.25) is 0 Å². The van der Waals surface area contributed by atoms with Crippen LogP contribution in [-0.4, -0.2) is 66.1 Å². The molecule has 134 valence electrons. The highest BCUT2D eigenvalue weighted by Gasteiger charge is 2.38. The van der Waals surface area contributed by atoms with Crippen molar-refractivity contribution >= 4 is 11.9 Å². The fourth-order valence-corrected chi connectivity index (χ4v) is 0.499. The number of aliphatic carboxylic acids is 2. The second-order valence-corrected chi connectivity index (χ2v) is 4.00. The topological polar surface area (TPSA) is 104 Å². The molecule has 0 radical (unpaired) electrons. The summed E-state index contributed by atoms with van der Waals surface area (Å²) in [5, 5.41) is 14.2. The fourth-order valence-electron chi connectivity index (χ4n) is 0.499. The van der Waals surface area contributed by atoms with Gasteiger partial charge in [0, 0.05) is 6.04 Å². The van der Waals surface area contributed by atoms with E-state index in [9.17, 15) is 26.3 Å². The van der Waals surface area contributed by atoms with E-state index in [0.29, 0.717) is 6.04 Å². The summed E-state index contributed by atoms with van der Waals surface area (Å²) in [5.41, 5.74) is 5.34. The summed E-state index contributed by atoms with van der Waals surface area (Å²) in [6.45, 7) is 2.96. The summed E-state index contributed by atoms with van der Waals surface area (Å²) in [6.07, 6.45) is -9.08. The maximum absolute atomic E-state index is 10.6. The Hall–Kier alpha value is -1.56. The molecule has 1 unspecified atom stereocenters. The molecule has 6 nitrogen and oxygen atoms in total. The standard InChI is InChI=1S/C6H16N2.2C2HF3O2/c1-6(4-5-7)8(2)3;2*3-2(4,5)1(6)7/h6H,4-5,7H2,1-3H3;2*(H,6,7). The van der Waals surface area contributed by atoms with Gasteiger partial charge in [-0.1, -0.05) is 0 Å². The van der Waals surface area contributed by atoms with Gasteiger partial charge in [-0.25, -0.2) is 9.59 Å². The van der Waals surface area contributed by atoms with E-state index in [0.717, 1.165) is 13.0 Å². The fraction of sp³-hybridized carbons (Fsp3) is 0.800. The van der Waals surface area contributed by atoms with Crippen molar-refractivity contribution < 1.29 is 46.1 Å². The van der Waals surface area contributed by atoms with Gasteiger partial charge in [0.1, 0.15) is 0 Å². The normalized spacial score (nSPS) is 12.5. The number of nitrogens with two attached hydrogens (primary N) is 1. The van der Waals surface area contributed by atoms with Gasteiger partial charge in [0.15, 0.2) is 0 Å². The second-order valence-electron chi connectivity index (χ2n) is 4.00. The number of rotatable bonds is 3. The van der Waals surface area contributed by atoms with Crippen LogP contribution in [0.3, 0.4) is 0 Å². The SMILES string of the molecule is CC(CCN)N(C)C.O=C(O)C(F)(F)F.O=C(O)C(F)(F)F. The van der Waals surface area contributed by atoms with Crippen LogP contribution < -0.4 is 5.73 Å². The van der Waals surface area contributed by atoms with Crippen molar-refractivity contribution in [3.63, 3.8) is 0 Å². The van der Waals surface area contributed by atoms with Crippen LogP contribution in [0.25, 0.3) is 0 Å². The molecule has 0 saturated carbocycles. The molecule has 0 aromatic heterocycles. The Balaban J connectivity index is -0.000000247. The first-order chi connectivity index (χ1) is 9.57. The third kappa shape index (κ3) is 18.4. The van der Waals surface area contributed by atoms with Crippen LogP contribution in [0.4, 0.5) is 26.3 Å². The van der Waals surface area contributed by atoms with Crippen molar-refractivity contribution in [1.82, 2.24) is 4.90 Å². The van der Waals surface area contributed by atoms with Crippen LogP contribution >= 0.6 is 0 Å². The van der Waals surface area contributed by atoms with E-state index in [4.69, 9.17) is 25.5 Å². The van der Waals surface area contributed by atoms with Crippen molar-refractivity contribution in [3.05, 3.63) is 0 Å². The van der Waals surface area contributed by atoms with Gasteiger partial charge in [-0.05, 0) is 34.0 Å². The van der Waals surface area contributed by atoms with Gasteiger partial charge in [-0.2, -0.15) is 26.3 Å². The lowest BCUT2D eigenvalue weighted by molar-refractivity contribution is -0.193. The molecule has 0 amide bonds. The van der Waals surface area contributed by atoms with E-state index in [1.54, 1.807) is 0 Å². The minimum absolute atomic E-state index is 0.625. The zero-order valence-electron chi connectivity index (χ0n) is 12.0. The third-order valence-electron chi connectivity index (χ3n) is 1.95. The van der Waals surface area contributed by atoms with Gasteiger partial charge in [0.25, 0.3) is 0 Å². The molecule has 12 heteroatoms. The summed E-state index contributed by atoms with van der Waals surface area (Å²) in [4.78, 5) is 20.0. The van der Waals surface area contributed by atoms with Crippen LogP contribution in [0.1, 0.15) is 13.3 Å². The number of alkyl halides is 6. The molecular formula is C10H18F6N2O4. The molecule has 0 aliphatic heterocycles. The molecule has 0 aromatic rings. The minimum atomic E-state index is -5.08. The van der Waals surface area contributed by atoms with E-state index in [-0.39, 0.29) is 0 Å². The molecule has 22 heavy (non-hydrogen) atoms. The predicted molar refractivity (Wildman–Crippen MR) is 64.2 cm³/mol. The highest BCUT2D eigenvalue weighted by atomic mass is 19.4. The first-order valence-corrected chi connectivity index (χ1v) is 5.54.